The summed E-state index contributed by atoms with van der Waals surface area (Å²) in [5.41, 5.74) is -0.254. The van der Waals surface area contributed by atoms with Gasteiger partial charge in [0.05, 0.1) is 26.8 Å². The van der Waals surface area contributed by atoms with Crippen LogP contribution >= 0.6 is 0 Å². The van der Waals surface area contributed by atoms with Gasteiger partial charge in [0, 0.05) is 7.05 Å². The highest BCUT2D eigenvalue weighted by Crippen LogP contribution is 2.27. The molecule has 0 saturated heterocycles. The van der Waals surface area contributed by atoms with Gasteiger partial charge in [-0.25, -0.2) is 14.8 Å². The number of carbonyl (C=O) groups excluding carboxylic acids is 1. The summed E-state index contributed by atoms with van der Waals surface area (Å²) in [5.74, 6) is -2.02. The molecule has 0 aliphatic carbocycles. The van der Waals surface area contributed by atoms with Gasteiger partial charge in [0.25, 0.3) is 5.88 Å². The Hall–Kier alpha value is -2.18. The Balaban J connectivity index is 3.35. The Bertz CT molecular complexity index is 449. The number of aliphatic imine (C=N–C) groups is 1. The highest BCUT2D eigenvalue weighted by atomic mass is 19.1. The van der Waals surface area contributed by atoms with Crippen LogP contribution in [0.2, 0.25) is 0 Å². The molecule has 1 N–H and O–H groups in total. The van der Waals surface area contributed by atoms with Crippen LogP contribution in [0.1, 0.15) is 10.4 Å². The quantitative estimate of drug-likeness (QED) is 0.481. The van der Waals surface area contributed by atoms with Crippen LogP contribution in [-0.4, -0.2) is 38.6 Å². The second-order valence-corrected chi connectivity index (χ2v) is 2.88. The van der Waals surface area contributed by atoms with E-state index in [1.165, 1.54) is 19.6 Å². The number of hydrogen-bond acceptors (Lipinski definition) is 5. The zero-order valence-corrected chi connectivity index (χ0v) is 9.65. The van der Waals surface area contributed by atoms with E-state index in [1.54, 1.807) is 7.05 Å². The number of methoxy groups -OCH3 is 2. The number of nitrogens with one attached hydrogen (secondary N) is 1. The minimum Gasteiger partial charge on any atom is -0.479 e. The first-order valence-corrected chi connectivity index (χ1v) is 4.66. The zero-order valence-electron chi connectivity index (χ0n) is 9.65. The highest BCUT2D eigenvalue weighted by Gasteiger charge is 2.22. The van der Waals surface area contributed by atoms with Gasteiger partial charge in [0.2, 0.25) is 5.82 Å². The van der Waals surface area contributed by atoms with Crippen LogP contribution in [0, 0.1) is 5.82 Å². The zero-order chi connectivity index (χ0) is 12.8. The summed E-state index contributed by atoms with van der Waals surface area (Å²) in [7, 11) is 4.03. The Morgan fingerprint density at radius 3 is 2.82 bits per heavy atom. The topological polar surface area (TPSA) is 72.8 Å². The van der Waals surface area contributed by atoms with Crippen LogP contribution in [-0.2, 0) is 4.74 Å². The first-order valence-electron chi connectivity index (χ1n) is 4.66. The molecule has 6 nitrogen and oxygen atoms in total. The van der Waals surface area contributed by atoms with E-state index in [4.69, 9.17) is 0 Å². The van der Waals surface area contributed by atoms with Gasteiger partial charge in [-0.3, -0.25) is 0 Å². The summed E-state index contributed by atoms with van der Waals surface area (Å²) in [6.07, 6.45) is 2.53. The first-order chi connectivity index (χ1) is 8.15. The molecule has 0 unspecified atom stereocenters. The maximum absolute atomic E-state index is 13.8. The van der Waals surface area contributed by atoms with Gasteiger partial charge in [-0.1, -0.05) is 0 Å². The lowest BCUT2D eigenvalue weighted by atomic mass is 10.2. The number of rotatable bonds is 4. The fourth-order valence-electron chi connectivity index (χ4n) is 1.13. The van der Waals surface area contributed by atoms with Crippen molar-refractivity contribution in [3.63, 3.8) is 0 Å². The van der Waals surface area contributed by atoms with Crippen molar-refractivity contribution in [1.29, 1.82) is 0 Å². The molecule has 1 heterocycles. The molecule has 0 saturated carbocycles. The summed E-state index contributed by atoms with van der Waals surface area (Å²) in [5, 5.41) is 2.62. The second kappa shape index (κ2) is 5.78. The third-order valence-corrected chi connectivity index (χ3v) is 1.88. The molecule has 0 atom stereocenters. The van der Waals surface area contributed by atoms with E-state index < -0.39 is 11.8 Å². The van der Waals surface area contributed by atoms with E-state index in [0.29, 0.717) is 0 Å². The van der Waals surface area contributed by atoms with Gasteiger partial charge in [0.1, 0.15) is 11.3 Å². The normalized spacial score (nSPS) is 10.4. The minimum atomic E-state index is -0.898. The maximum Gasteiger partial charge on any atom is 0.343 e. The van der Waals surface area contributed by atoms with Crippen LogP contribution in [0.25, 0.3) is 0 Å². The third kappa shape index (κ3) is 2.68. The number of carbonyl (C=O) groups is 1. The fraction of sp³-hybridized carbons (Fsp3) is 0.300. The summed E-state index contributed by atoms with van der Waals surface area (Å²) < 4.78 is 23.0. The Labute approximate surface area is 97.5 Å². The van der Waals surface area contributed by atoms with E-state index in [0.717, 1.165) is 7.11 Å². The van der Waals surface area contributed by atoms with Gasteiger partial charge in [-0.05, 0) is 0 Å². The summed E-state index contributed by atoms with van der Waals surface area (Å²) in [6, 6.07) is 0. The Morgan fingerprint density at radius 2 is 2.29 bits per heavy atom. The monoisotopic (exact) mass is 241 g/mol. The number of ether oxygens (including phenoxy) is 2. The number of esters is 1. The van der Waals surface area contributed by atoms with Crippen molar-refractivity contribution < 1.29 is 18.7 Å². The van der Waals surface area contributed by atoms with Crippen molar-refractivity contribution >= 4 is 18.0 Å². The van der Waals surface area contributed by atoms with Crippen LogP contribution in [0.3, 0.4) is 0 Å². The number of nitrogens with zero attached hydrogens (tertiary/aromatic N) is 2. The molecule has 1 rings (SSSR count). The van der Waals surface area contributed by atoms with E-state index >= 15 is 0 Å². The van der Waals surface area contributed by atoms with Gasteiger partial charge in [-0.15, -0.1) is 0 Å². The van der Waals surface area contributed by atoms with Crippen molar-refractivity contribution in [2.24, 2.45) is 4.99 Å². The van der Waals surface area contributed by atoms with Crippen molar-refractivity contribution in [1.82, 2.24) is 10.3 Å². The SMILES string of the molecule is CN/C=N/c1cnc(OC)c(F)c1C(=O)OC. The van der Waals surface area contributed by atoms with Crippen LogP contribution < -0.4 is 10.1 Å². The molecule has 0 amide bonds. The molecular formula is C10H12FN3O3. The lowest BCUT2D eigenvalue weighted by Crippen LogP contribution is -2.08. The summed E-state index contributed by atoms with van der Waals surface area (Å²) in [6.45, 7) is 0. The maximum atomic E-state index is 13.8. The second-order valence-electron chi connectivity index (χ2n) is 2.88. The van der Waals surface area contributed by atoms with E-state index in [1.807, 2.05) is 0 Å². The fourth-order valence-corrected chi connectivity index (χ4v) is 1.13. The number of pyridine rings is 1. The molecule has 92 valence electrons. The van der Waals surface area contributed by atoms with Crippen molar-refractivity contribution in [2.75, 3.05) is 21.3 Å². The number of aromatic nitrogens is 1. The minimum absolute atomic E-state index is 0.0597. The molecule has 0 radical (unpaired) electrons. The van der Waals surface area contributed by atoms with Crippen LogP contribution in [0.4, 0.5) is 10.1 Å². The molecular weight excluding hydrogens is 229 g/mol. The smallest absolute Gasteiger partial charge is 0.343 e. The highest BCUT2D eigenvalue weighted by molar-refractivity contribution is 5.95. The van der Waals surface area contributed by atoms with Gasteiger partial charge in [0.15, 0.2) is 0 Å². The van der Waals surface area contributed by atoms with E-state index in [2.05, 4.69) is 24.8 Å². The molecule has 7 heteroatoms. The van der Waals surface area contributed by atoms with E-state index in [9.17, 15) is 9.18 Å². The van der Waals surface area contributed by atoms with E-state index in [-0.39, 0.29) is 17.1 Å². The average molecular weight is 241 g/mol. The molecule has 1 aromatic heterocycles. The largest absolute Gasteiger partial charge is 0.479 e. The van der Waals surface area contributed by atoms with Crippen LogP contribution in [0.15, 0.2) is 11.2 Å². The molecule has 0 fully saturated rings. The molecule has 0 spiro atoms. The van der Waals surface area contributed by atoms with Gasteiger partial charge in [-0.2, -0.15) is 4.39 Å². The van der Waals surface area contributed by atoms with Crippen molar-refractivity contribution in [3.05, 3.63) is 17.6 Å². The summed E-state index contributed by atoms with van der Waals surface area (Å²) in [4.78, 5) is 19.0. The van der Waals surface area contributed by atoms with Crippen LogP contribution in [0.5, 0.6) is 5.88 Å². The van der Waals surface area contributed by atoms with Gasteiger partial charge >= 0.3 is 5.97 Å². The average Bonchev–Trinajstić information content (AvgIpc) is 2.35. The Kier molecular flexibility index (Phi) is 4.38. The lowest BCUT2D eigenvalue weighted by molar-refractivity contribution is 0.0595. The van der Waals surface area contributed by atoms with Crippen molar-refractivity contribution in [2.45, 2.75) is 0 Å². The molecule has 0 bridgehead atoms. The number of halogens is 1. The molecule has 0 aliphatic heterocycles. The first kappa shape index (κ1) is 12.9. The third-order valence-electron chi connectivity index (χ3n) is 1.88. The standard InChI is InChI=1S/C10H12FN3O3/c1-12-5-14-6-4-13-9(16-2)8(11)7(6)10(15)17-3/h4-5H,1-3H3,(H,12,14). The Morgan fingerprint density at radius 1 is 1.59 bits per heavy atom. The molecule has 0 aliphatic rings. The lowest BCUT2D eigenvalue weighted by Gasteiger charge is -2.07. The predicted octanol–water partition coefficient (Wildman–Crippen LogP) is 0.895. The summed E-state index contributed by atoms with van der Waals surface area (Å²) >= 11 is 0. The molecule has 17 heavy (non-hydrogen) atoms. The van der Waals surface area contributed by atoms with Crippen molar-refractivity contribution in [3.8, 4) is 5.88 Å². The van der Waals surface area contributed by atoms with Gasteiger partial charge < -0.3 is 14.8 Å². The predicted molar refractivity (Wildman–Crippen MR) is 59.3 cm³/mol. The molecule has 1 aromatic rings. The molecule has 0 aromatic carbocycles. The number of hydrogen-bond donors (Lipinski definition) is 1.